The number of benzene rings is 2. The number of nitrogens with one attached hydrogen (secondary N) is 3. The maximum atomic E-state index is 14.7. The Bertz CT molecular complexity index is 1990. The van der Waals surface area contributed by atoms with E-state index in [0.717, 1.165) is 56.4 Å². The summed E-state index contributed by atoms with van der Waals surface area (Å²) in [5.74, 6) is 0.0115. The minimum Gasteiger partial charge on any atom is -0.492 e. The van der Waals surface area contributed by atoms with Gasteiger partial charge in [0.15, 0.2) is 0 Å². The van der Waals surface area contributed by atoms with Crippen LogP contribution in [0.1, 0.15) is 20.8 Å². The molecule has 0 saturated carbocycles. The van der Waals surface area contributed by atoms with E-state index in [0.29, 0.717) is 23.6 Å². The lowest BCUT2D eigenvalue weighted by molar-refractivity contribution is -0.123. The molecule has 0 fully saturated rings. The second-order valence-electron chi connectivity index (χ2n) is 12.2. The lowest BCUT2D eigenvalue weighted by Crippen LogP contribution is -2.27. The first-order valence-electron chi connectivity index (χ1n) is 14.4. The van der Waals surface area contributed by atoms with Gasteiger partial charge in [-0.3, -0.25) is 19.9 Å². The summed E-state index contributed by atoms with van der Waals surface area (Å²) in [4.78, 5) is 26.8. The quantitative estimate of drug-likeness (QED) is 0.178. The minimum absolute atomic E-state index is 0.0805. The first-order chi connectivity index (χ1) is 21.0. The van der Waals surface area contributed by atoms with Gasteiger partial charge < -0.3 is 19.9 Å². The highest BCUT2D eigenvalue weighted by Crippen LogP contribution is 2.36. The number of hydrogen-bond acceptors (Lipinski definition) is 6. The molecule has 10 heteroatoms. The largest absolute Gasteiger partial charge is 0.492 e. The van der Waals surface area contributed by atoms with Gasteiger partial charge in [0.05, 0.1) is 34.8 Å². The number of carbonyl (C=O) groups excluding carboxylic acids is 1. The summed E-state index contributed by atoms with van der Waals surface area (Å²) in [5.41, 5.74) is 6.56. The fourth-order valence-corrected chi connectivity index (χ4v) is 4.94. The van der Waals surface area contributed by atoms with Gasteiger partial charge in [-0.1, -0.05) is 26.8 Å². The third kappa shape index (κ3) is 6.02. The molecule has 4 heterocycles. The number of hydrogen-bond donors (Lipinski definition) is 3. The van der Waals surface area contributed by atoms with E-state index in [9.17, 15) is 9.18 Å². The summed E-state index contributed by atoms with van der Waals surface area (Å²) >= 11 is 0. The minimum atomic E-state index is -0.522. The molecule has 2 aromatic carbocycles. The number of pyridine rings is 2. The SMILES string of the molecule is CN(C)CCOc1cc(F)cc(-c2cncc3[nH]c(-c4n[nH]c5ccc(-c6cncc(NC(=O)C(C)(C)C)c6)cc45)cc23)c1. The van der Waals surface area contributed by atoms with E-state index in [-0.39, 0.29) is 11.7 Å². The van der Waals surface area contributed by atoms with Crippen LogP contribution in [0.5, 0.6) is 5.75 Å². The smallest absolute Gasteiger partial charge is 0.229 e. The van der Waals surface area contributed by atoms with Crippen LogP contribution < -0.4 is 10.1 Å². The number of rotatable bonds is 8. The third-order valence-corrected chi connectivity index (χ3v) is 7.36. The predicted octanol–water partition coefficient (Wildman–Crippen LogP) is 6.90. The van der Waals surface area contributed by atoms with Gasteiger partial charge in [-0.25, -0.2) is 4.39 Å². The lowest BCUT2D eigenvalue weighted by atomic mass is 9.95. The molecular weight excluding hydrogens is 557 g/mol. The van der Waals surface area contributed by atoms with E-state index in [1.807, 2.05) is 70.1 Å². The molecule has 224 valence electrons. The van der Waals surface area contributed by atoms with Gasteiger partial charge in [-0.15, -0.1) is 0 Å². The molecule has 0 saturated heterocycles. The predicted molar refractivity (Wildman–Crippen MR) is 172 cm³/mol. The summed E-state index contributed by atoms with van der Waals surface area (Å²) in [5, 5.41) is 12.5. The summed E-state index contributed by atoms with van der Waals surface area (Å²) in [6.07, 6.45) is 6.89. The zero-order chi connectivity index (χ0) is 31.0. The highest BCUT2D eigenvalue weighted by Gasteiger charge is 2.21. The van der Waals surface area contributed by atoms with Gasteiger partial charge in [0, 0.05) is 52.3 Å². The van der Waals surface area contributed by atoms with Crippen molar-refractivity contribution in [3.05, 3.63) is 79.1 Å². The molecule has 0 aliphatic rings. The maximum absolute atomic E-state index is 14.7. The number of halogens is 1. The van der Waals surface area contributed by atoms with Crippen molar-refractivity contribution in [2.75, 3.05) is 32.6 Å². The summed E-state index contributed by atoms with van der Waals surface area (Å²) < 4.78 is 20.5. The van der Waals surface area contributed by atoms with Crippen LogP contribution in [0, 0.1) is 11.2 Å². The molecule has 0 spiro atoms. The molecule has 6 aromatic rings. The number of carbonyl (C=O) groups is 1. The van der Waals surface area contributed by atoms with E-state index >= 15 is 0 Å². The molecule has 0 unspecified atom stereocenters. The van der Waals surface area contributed by atoms with Crippen molar-refractivity contribution >= 4 is 33.4 Å². The number of H-pyrrole nitrogens is 2. The van der Waals surface area contributed by atoms with Crippen molar-refractivity contribution < 1.29 is 13.9 Å². The van der Waals surface area contributed by atoms with E-state index in [2.05, 4.69) is 36.5 Å². The first kappa shape index (κ1) is 29.0. The molecule has 0 radical (unpaired) electrons. The van der Waals surface area contributed by atoms with E-state index in [1.54, 1.807) is 24.8 Å². The number of fused-ring (bicyclic) bond motifs is 2. The number of anilines is 1. The van der Waals surface area contributed by atoms with E-state index < -0.39 is 5.41 Å². The maximum Gasteiger partial charge on any atom is 0.229 e. The molecule has 9 nitrogen and oxygen atoms in total. The van der Waals surface area contributed by atoms with Crippen molar-refractivity contribution in [1.82, 2.24) is 30.0 Å². The Morgan fingerprint density at radius 3 is 2.52 bits per heavy atom. The molecule has 1 amide bonds. The van der Waals surface area contributed by atoms with Crippen molar-refractivity contribution in [3.8, 4) is 39.4 Å². The summed E-state index contributed by atoms with van der Waals surface area (Å²) in [7, 11) is 3.92. The topological polar surface area (TPSA) is 112 Å². The molecule has 44 heavy (non-hydrogen) atoms. The van der Waals surface area contributed by atoms with Crippen LogP contribution in [-0.4, -0.2) is 63.2 Å². The van der Waals surface area contributed by atoms with Gasteiger partial charge >= 0.3 is 0 Å². The van der Waals surface area contributed by atoms with Gasteiger partial charge in [-0.05, 0) is 61.6 Å². The van der Waals surface area contributed by atoms with Crippen LogP contribution in [-0.2, 0) is 4.79 Å². The van der Waals surface area contributed by atoms with Gasteiger partial charge in [-0.2, -0.15) is 5.10 Å². The number of amides is 1. The van der Waals surface area contributed by atoms with Crippen LogP contribution in [0.4, 0.5) is 10.1 Å². The summed E-state index contributed by atoms with van der Waals surface area (Å²) in [6.45, 7) is 6.78. The van der Waals surface area contributed by atoms with Crippen LogP contribution in [0.15, 0.2) is 73.3 Å². The van der Waals surface area contributed by atoms with E-state index in [4.69, 9.17) is 4.74 Å². The van der Waals surface area contributed by atoms with Crippen LogP contribution in [0.2, 0.25) is 0 Å². The Hall–Kier alpha value is -5.09. The Morgan fingerprint density at radius 2 is 1.73 bits per heavy atom. The first-order valence-corrected chi connectivity index (χ1v) is 14.4. The fraction of sp³-hybridized carbons (Fsp3) is 0.235. The van der Waals surface area contributed by atoms with Crippen molar-refractivity contribution in [2.24, 2.45) is 5.41 Å². The molecule has 0 bridgehead atoms. The summed E-state index contributed by atoms with van der Waals surface area (Å²) in [6, 6.07) is 14.7. The fourth-order valence-electron chi connectivity index (χ4n) is 4.94. The van der Waals surface area contributed by atoms with Crippen LogP contribution in [0.25, 0.3) is 55.4 Å². The van der Waals surface area contributed by atoms with Gasteiger partial charge in [0.25, 0.3) is 0 Å². The van der Waals surface area contributed by atoms with Gasteiger partial charge in [0.1, 0.15) is 23.9 Å². The van der Waals surface area contributed by atoms with Crippen molar-refractivity contribution in [2.45, 2.75) is 20.8 Å². The number of aromatic amines is 2. The Kier molecular flexibility index (Phi) is 7.60. The van der Waals surface area contributed by atoms with Crippen LogP contribution in [0.3, 0.4) is 0 Å². The Balaban J connectivity index is 1.35. The number of nitrogens with zero attached hydrogens (tertiary/aromatic N) is 4. The molecule has 3 N–H and O–H groups in total. The second kappa shape index (κ2) is 11.5. The Morgan fingerprint density at radius 1 is 0.909 bits per heavy atom. The molecule has 6 rings (SSSR count). The zero-order valence-electron chi connectivity index (χ0n) is 25.3. The second-order valence-corrected chi connectivity index (χ2v) is 12.2. The highest BCUT2D eigenvalue weighted by molar-refractivity contribution is 6.01. The standard InChI is InChI=1S/C34H34FN7O2/c1-34(2,3)33(43)38-24-11-22(16-36-17-24)20-6-7-29-27(13-20)32(41-40-29)30-15-26-28(18-37-19-31(26)39-30)21-10-23(35)14-25(12-21)44-9-8-42(4)5/h6-7,10-19,39H,8-9H2,1-5H3,(H,38,43)(H,40,41). The Labute approximate surface area is 254 Å². The highest BCUT2D eigenvalue weighted by atomic mass is 19.1. The average Bonchev–Trinajstić information content (AvgIpc) is 3.60. The zero-order valence-corrected chi connectivity index (χ0v) is 25.3. The molecule has 0 aliphatic heterocycles. The van der Waals surface area contributed by atoms with E-state index in [1.165, 1.54) is 12.1 Å². The molecule has 0 atom stereocenters. The molecule has 4 aromatic heterocycles. The van der Waals surface area contributed by atoms with Crippen molar-refractivity contribution in [1.29, 1.82) is 0 Å². The monoisotopic (exact) mass is 591 g/mol. The normalized spacial score (nSPS) is 11.9. The van der Waals surface area contributed by atoms with Gasteiger partial charge in [0.2, 0.25) is 5.91 Å². The number of likely N-dealkylation sites (N-methyl/N-ethyl adjacent to an activating group) is 1. The molecular formula is C34H34FN7O2. The average molecular weight is 592 g/mol. The third-order valence-electron chi connectivity index (χ3n) is 7.36. The van der Waals surface area contributed by atoms with Crippen LogP contribution >= 0.6 is 0 Å². The molecule has 0 aliphatic carbocycles. The number of ether oxygens (including phenoxy) is 1. The number of aromatic nitrogens is 5. The van der Waals surface area contributed by atoms with Crippen molar-refractivity contribution in [3.63, 3.8) is 0 Å². The lowest BCUT2D eigenvalue weighted by Gasteiger charge is -2.17.